The van der Waals surface area contributed by atoms with Crippen molar-refractivity contribution in [1.82, 2.24) is 5.16 Å². The molecule has 108 valence electrons. The Morgan fingerprint density at radius 1 is 1.35 bits per heavy atom. The van der Waals surface area contributed by atoms with E-state index in [1.165, 1.54) is 19.1 Å². The quantitative estimate of drug-likeness (QED) is 0.881. The van der Waals surface area contributed by atoms with Gasteiger partial charge in [0, 0.05) is 24.8 Å². The second-order valence-corrected chi connectivity index (χ2v) is 4.37. The molecule has 0 radical (unpaired) electrons. The molecule has 1 aromatic carbocycles. The molecule has 1 heterocycles. The number of hydrogen-bond donors (Lipinski definition) is 1. The van der Waals surface area contributed by atoms with Crippen molar-refractivity contribution < 1.29 is 23.5 Å². The van der Waals surface area contributed by atoms with E-state index in [1.807, 2.05) is 0 Å². The lowest BCUT2D eigenvalue weighted by Crippen LogP contribution is -1.99. The van der Waals surface area contributed by atoms with Crippen molar-refractivity contribution in [2.24, 2.45) is 0 Å². The number of aliphatic hydroxyl groups excluding tert-OH is 1. The van der Waals surface area contributed by atoms with E-state index in [1.54, 1.807) is 19.2 Å². The second kappa shape index (κ2) is 6.49. The summed E-state index contributed by atoms with van der Waals surface area (Å²) in [6, 6.07) is 6.04. The largest absolute Gasteiger partial charge is 0.487 e. The van der Waals surface area contributed by atoms with Gasteiger partial charge in [-0.25, -0.2) is 4.39 Å². The summed E-state index contributed by atoms with van der Waals surface area (Å²) < 4.78 is 29.0. The van der Waals surface area contributed by atoms with Crippen LogP contribution in [0.2, 0.25) is 0 Å². The van der Waals surface area contributed by atoms with E-state index in [0.29, 0.717) is 23.8 Å². The molecule has 0 saturated heterocycles. The molecule has 0 aliphatic rings. The normalized spacial score (nSPS) is 12.4. The molecule has 1 unspecified atom stereocenters. The van der Waals surface area contributed by atoms with Crippen LogP contribution in [-0.4, -0.2) is 17.4 Å². The molecule has 0 aliphatic carbocycles. The Balaban J connectivity index is 1.98. The lowest BCUT2D eigenvalue weighted by molar-refractivity contribution is 0.155. The van der Waals surface area contributed by atoms with E-state index < -0.39 is 11.9 Å². The Kier molecular flexibility index (Phi) is 4.70. The van der Waals surface area contributed by atoms with Gasteiger partial charge in [0.1, 0.15) is 30.5 Å². The highest BCUT2D eigenvalue weighted by atomic mass is 19.1. The molecule has 20 heavy (non-hydrogen) atoms. The Morgan fingerprint density at radius 3 is 2.80 bits per heavy atom. The van der Waals surface area contributed by atoms with E-state index in [2.05, 4.69) is 5.16 Å². The Labute approximate surface area is 115 Å². The summed E-state index contributed by atoms with van der Waals surface area (Å²) in [6.07, 6.45) is -0.851. The average Bonchev–Trinajstić information content (AvgIpc) is 2.84. The summed E-state index contributed by atoms with van der Waals surface area (Å²) in [5, 5.41) is 13.1. The van der Waals surface area contributed by atoms with Crippen LogP contribution in [0.4, 0.5) is 4.39 Å². The highest BCUT2D eigenvalue weighted by Crippen LogP contribution is 2.22. The van der Waals surface area contributed by atoms with Gasteiger partial charge in [-0.05, 0) is 19.1 Å². The molecule has 0 fully saturated rings. The maximum atomic E-state index is 13.6. The monoisotopic (exact) mass is 281 g/mol. The highest BCUT2D eigenvalue weighted by molar-refractivity contribution is 5.30. The standard InChI is InChI=1S/C14H16FNO4/c1-9(17)13-4-3-11(6-14(13)15)19-7-10-5-12(8-18-2)20-16-10/h3-6,9,17H,7-8H2,1-2H3. The van der Waals surface area contributed by atoms with Crippen LogP contribution in [0.3, 0.4) is 0 Å². The van der Waals surface area contributed by atoms with Crippen LogP contribution in [0.5, 0.6) is 5.75 Å². The molecule has 0 amide bonds. The second-order valence-electron chi connectivity index (χ2n) is 4.37. The van der Waals surface area contributed by atoms with Gasteiger partial charge in [0.2, 0.25) is 0 Å². The van der Waals surface area contributed by atoms with Gasteiger partial charge in [0.05, 0.1) is 6.10 Å². The van der Waals surface area contributed by atoms with Gasteiger partial charge in [-0.15, -0.1) is 0 Å². The smallest absolute Gasteiger partial charge is 0.162 e. The SMILES string of the molecule is COCc1cc(COc2ccc(C(C)O)c(F)c2)no1. The third-order valence-electron chi connectivity index (χ3n) is 2.70. The molecule has 2 aromatic rings. The van der Waals surface area contributed by atoms with E-state index in [9.17, 15) is 9.50 Å². The third kappa shape index (κ3) is 3.55. The molecule has 0 aliphatic heterocycles. The predicted octanol–water partition coefficient (Wildman–Crippen LogP) is 2.59. The molecule has 1 atom stereocenters. The molecule has 5 nitrogen and oxygen atoms in total. The minimum Gasteiger partial charge on any atom is -0.487 e. The van der Waals surface area contributed by atoms with Crippen molar-refractivity contribution in [3.8, 4) is 5.75 Å². The lowest BCUT2D eigenvalue weighted by atomic mass is 10.1. The highest BCUT2D eigenvalue weighted by Gasteiger charge is 2.10. The van der Waals surface area contributed by atoms with Gasteiger partial charge in [0.25, 0.3) is 0 Å². The van der Waals surface area contributed by atoms with Crippen LogP contribution in [0.25, 0.3) is 0 Å². The minimum absolute atomic E-state index is 0.167. The Hall–Kier alpha value is -1.92. The van der Waals surface area contributed by atoms with Gasteiger partial charge < -0.3 is 19.1 Å². The van der Waals surface area contributed by atoms with Gasteiger partial charge in [-0.1, -0.05) is 5.16 Å². The number of aliphatic hydroxyl groups is 1. The number of aromatic nitrogens is 1. The Bertz CT molecular complexity index is 568. The summed E-state index contributed by atoms with van der Waals surface area (Å²) in [7, 11) is 1.56. The van der Waals surface area contributed by atoms with Crippen LogP contribution in [0.15, 0.2) is 28.8 Å². The predicted molar refractivity (Wildman–Crippen MR) is 68.6 cm³/mol. The van der Waals surface area contributed by atoms with Crippen molar-refractivity contribution in [2.75, 3.05) is 7.11 Å². The topological polar surface area (TPSA) is 64.7 Å². The molecule has 2 rings (SSSR count). The maximum Gasteiger partial charge on any atom is 0.162 e. The molecular formula is C14H16FNO4. The number of ether oxygens (including phenoxy) is 2. The van der Waals surface area contributed by atoms with E-state index in [0.717, 1.165) is 0 Å². The summed E-state index contributed by atoms with van der Waals surface area (Å²) in [4.78, 5) is 0. The minimum atomic E-state index is -0.851. The molecule has 0 spiro atoms. The number of rotatable bonds is 6. The van der Waals surface area contributed by atoms with Crippen LogP contribution < -0.4 is 4.74 Å². The van der Waals surface area contributed by atoms with E-state index in [-0.39, 0.29) is 12.2 Å². The number of hydrogen-bond acceptors (Lipinski definition) is 5. The zero-order valence-corrected chi connectivity index (χ0v) is 11.3. The average molecular weight is 281 g/mol. The first-order chi connectivity index (χ1) is 9.60. The zero-order chi connectivity index (χ0) is 14.5. The first-order valence-corrected chi connectivity index (χ1v) is 6.14. The molecule has 1 N–H and O–H groups in total. The van der Waals surface area contributed by atoms with Crippen LogP contribution in [0.1, 0.15) is 30.0 Å². The number of methoxy groups -OCH3 is 1. The van der Waals surface area contributed by atoms with Gasteiger partial charge >= 0.3 is 0 Å². The van der Waals surface area contributed by atoms with Crippen molar-refractivity contribution in [1.29, 1.82) is 0 Å². The Morgan fingerprint density at radius 2 is 2.15 bits per heavy atom. The van der Waals surface area contributed by atoms with Crippen molar-refractivity contribution in [3.05, 3.63) is 47.1 Å². The lowest BCUT2D eigenvalue weighted by Gasteiger charge is -2.09. The summed E-state index contributed by atoms with van der Waals surface area (Å²) in [5.41, 5.74) is 0.832. The van der Waals surface area contributed by atoms with Gasteiger partial charge in [-0.3, -0.25) is 0 Å². The molecule has 1 aromatic heterocycles. The maximum absolute atomic E-state index is 13.6. The van der Waals surface area contributed by atoms with E-state index in [4.69, 9.17) is 14.0 Å². The fourth-order valence-corrected chi connectivity index (χ4v) is 1.73. The van der Waals surface area contributed by atoms with Crippen LogP contribution in [0, 0.1) is 5.82 Å². The molecule has 0 saturated carbocycles. The fourth-order valence-electron chi connectivity index (χ4n) is 1.73. The first kappa shape index (κ1) is 14.5. The van der Waals surface area contributed by atoms with Crippen molar-refractivity contribution in [3.63, 3.8) is 0 Å². The summed E-state index contributed by atoms with van der Waals surface area (Å²) in [6.45, 7) is 2.01. The number of halogens is 1. The van der Waals surface area contributed by atoms with Gasteiger partial charge in [0.15, 0.2) is 5.76 Å². The van der Waals surface area contributed by atoms with Gasteiger partial charge in [-0.2, -0.15) is 0 Å². The summed E-state index contributed by atoms with van der Waals surface area (Å²) >= 11 is 0. The zero-order valence-electron chi connectivity index (χ0n) is 11.3. The molecular weight excluding hydrogens is 265 g/mol. The first-order valence-electron chi connectivity index (χ1n) is 6.14. The fraction of sp³-hybridized carbons (Fsp3) is 0.357. The van der Waals surface area contributed by atoms with Crippen LogP contribution in [-0.2, 0) is 18.0 Å². The number of nitrogens with zero attached hydrogens (tertiary/aromatic N) is 1. The molecule has 6 heteroatoms. The number of benzene rings is 1. The summed E-state index contributed by atoms with van der Waals surface area (Å²) in [5.74, 6) is 0.461. The third-order valence-corrected chi connectivity index (χ3v) is 2.70. The van der Waals surface area contributed by atoms with Crippen molar-refractivity contribution in [2.45, 2.75) is 26.2 Å². The van der Waals surface area contributed by atoms with Crippen molar-refractivity contribution >= 4 is 0 Å². The molecule has 0 bridgehead atoms. The van der Waals surface area contributed by atoms with E-state index >= 15 is 0 Å². The van der Waals surface area contributed by atoms with Crippen LogP contribution >= 0.6 is 0 Å².